The van der Waals surface area contributed by atoms with E-state index in [1.54, 1.807) is 7.11 Å². The van der Waals surface area contributed by atoms with Gasteiger partial charge in [0.15, 0.2) is 0 Å². The van der Waals surface area contributed by atoms with Crippen molar-refractivity contribution in [3.05, 3.63) is 0 Å². The Bertz CT molecular complexity index is 418. The van der Waals surface area contributed by atoms with Crippen LogP contribution in [0.25, 0.3) is 0 Å². The number of nitrogens with one attached hydrogen (secondary N) is 1. The molecule has 0 aromatic carbocycles. The summed E-state index contributed by atoms with van der Waals surface area (Å²) in [5.41, 5.74) is -1.04. The minimum atomic E-state index is -1.04. The Balaban J connectivity index is 1.98. The van der Waals surface area contributed by atoms with E-state index in [1.807, 2.05) is 0 Å². The highest BCUT2D eigenvalue weighted by atomic mass is 16.5. The minimum absolute atomic E-state index is 0.156. The Morgan fingerprint density at radius 3 is 2.48 bits per heavy atom. The van der Waals surface area contributed by atoms with Crippen LogP contribution in [-0.4, -0.2) is 56.2 Å². The molecule has 118 valence electrons. The first-order chi connectivity index (χ1) is 10.1. The van der Waals surface area contributed by atoms with Gasteiger partial charge in [0.2, 0.25) is 11.8 Å². The fraction of sp³-hybridized carbons (Fsp3) is 0.786. The quantitative estimate of drug-likeness (QED) is 0.576. The Morgan fingerprint density at radius 2 is 1.81 bits per heavy atom. The van der Waals surface area contributed by atoms with Crippen LogP contribution < -0.4 is 5.32 Å². The average Bonchev–Trinajstić information content (AvgIpc) is 2.49. The normalized spacial score (nSPS) is 21.8. The Kier molecular flexibility index (Phi) is 5.30. The SMILES string of the molecule is COCCOCCN1C(=O)NC(=O)C2(CCCCC2)C1=O. The average molecular weight is 298 g/mol. The highest BCUT2D eigenvalue weighted by molar-refractivity contribution is 6.19. The number of barbiturate groups is 1. The molecular formula is C14H22N2O5. The van der Waals surface area contributed by atoms with Crippen molar-refractivity contribution in [1.29, 1.82) is 0 Å². The van der Waals surface area contributed by atoms with Crippen molar-refractivity contribution >= 4 is 17.8 Å². The van der Waals surface area contributed by atoms with Crippen LogP contribution >= 0.6 is 0 Å². The number of ether oxygens (including phenoxy) is 2. The summed E-state index contributed by atoms with van der Waals surface area (Å²) in [4.78, 5) is 37.7. The van der Waals surface area contributed by atoms with Crippen LogP contribution in [0.1, 0.15) is 32.1 Å². The number of methoxy groups -OCH3 is 1. The van der Waals surface area contributed by atoms with E-state index >= 15 is 0 Å². The fourth-order valence-corrected chi connectivity index (χ4v) is 2.93. The highest BCUT2D eigenvalue weighted by Gasteiger charge is 2.53. The van der Waals surface area contributed by atoms with E-state index in [4.69, 9.17) is 9.47 Å². The number of carbonyl (C=O) groups is 3. The van der Waals surface area contributed by atoms with Crippen molar-refractivity contribution in [2.45, 2.75) is 32.1 Å². The molecule has 0 atom stereocenters. The van der Waals surface area contributed by atoms with Crippen LogP contribution in [0.2, 0.25) is 0 Å². The van der Waals surface area contributed by atoms with Gasteiger partial charge in [-0.3, -0.25) is 19.8 Å². The second-order valence-corrected chi connectivity index (χ2v) is 5.46. The molecule has 1 saturated heterocycles. The number of imide groups is 2. The zero-order chi connectivity index (χ0) is 15.3. The number of hydrogen-bond acceptors (Lipinski definition) is 5. The third kappa shape index (κ3) is 3.24. The second-order valence-electron chi connectivity index (χ2n) is 5.46. The maximum absolute atomic E-state index is 12.6. The molecule has 1 N–H and O–H groups in total. The minimum Gasteiger partial charge on any atom is -0.382 e. The van der Waals surface area contributed by atoms with Crippen molar-refractivity contribution in [2.75, 3.05) is 33.5 Å². The molecule has 0 radical (unpaired) electrons. The maximum Gasteiger partial charge on any atom is 0.330 e. The van der Waals surface area contributed by atoms with Crippen LogP contribution in [-0.2, 0) is 19.1 Å². The molecule has 0 aromatic rings. The molecular weight excluding hydrogens is 276 g/mol. The number of rotatable bonds is 6. The van der Waals surface area contributed by atoms with Gasteiger partial charge in [-0.05, 0) is 12.8 Å². The first-order valence-corrected chi connectivity index (χ1v) is 7.36. The van der Waals surface area contributed by atoms with E-state index < -0.39 is 17.4 Å². The Labute approximate surface area is 123 Å². The Hall–Kier alpha value is -1.47. The van der Waals surface area contributed by atoms with Gasteiger partial charge >= 0.3 is 6.03 Å². The lowest BCUT2D eigenvalue weighted by atomic mass is 9.71. The molecule has 2 rings (SSSR count). The van der Waals surface area contributed by atoms with E-state index in [0.29, 0.717) is 26.1 Å². The van der Waals surface area contributed by atoms with E-state index in [1.165, 1.54) is 0 Å². The molecule has 1 spiro atoms. The van der Waals surface area contributed by atoms with Crippen molar-refractivity contribution in [1.82, 2.24) is 10.2 Å². The lowest BCUT2D eigenvalue weighted by Gasteiger charge is -2.41. The molecule has 4 amide bonds. The summed E-state index contributed by atoms with van der Waals surface area (Å²) in [6, 6.07) is -0.642. The third-order valence-corrected chi connectivity index (χ3v) is 4.15. The first kappa shape index (κ1) is 15.9. The number of amides is 4. The molecule has 0 bridgehead atoms. The van der Waals surface area contributed by atoms with E-state index in [9.17, 15) is 14.4 Å². The van der Waals surface area contributed by atoms with Crippen molar-refractivity contribution in [3.8, 4) is 0 Å². The number of hydrogen-bond donors (Lipinski definition) is 1. The van der Waals surface area contributed by atoms with Gasteiger partial charge in [-0.15, -0.1) is 0 Å². The van der Waals surface area contributed by atoms with Gasteiger partial charge in [-0.1, -0.05) is 19.3 Å². The van der Waals surface area contributed by atoms with Crippen molar-refractivity contribution in [2.24, 2.45) is 5.41 Å². The summed E-state index contributed by atoms with van der Waals surface area (Å²) in [5.74, 6) is -0.806. The van der Waals surface area contributed by atoms with Gasteiger partial charge in [-0.2, -0.15) is 0 Å². The largest absolute Gasteiger partial charge is 0.382 e. The van der Waals surface area contributed by atoms with Crippen LogP contribution in [0.5, 0.6) is 0 Å². The van der Waals surface area contributed by atoms with E-state index in [0.717, 1.165) is 24.2 Å². The molecule has 21 heavy (non-hydrogen) atoms. The summed E-state index contributed by atoms with van der Waals surface area (Å²) in [6.07, 6.45) is 3.74. The van der Waals surface area contributed by atoms with Crippen molar-refractivity contribution in [3.63, 3.8) is 0 Å². The van der Waals surface area contributed by atoms with Crippen LogP contribution in [0.4, 0.5) is 4.79 Å². The lowest BCUT2D eigenvalue weighted by molar-refractivity contribution is -0.154. The standard InChI is InChI=1S/C14H22N2O5/c1-20-9-10-21-8-7-16-12(18)14(5-3-2-4-6-14)11(17)15-13(16)19/h2-10H2,1H3,(H,15,17,19). The molecule has 1 aliphatic heterocycles. The summed E-state index contributed by atoms with van der Waals surface area (Å²) in [6.45, 7) is 1.27. The van der Waals surface area contributed by atoms with Crippen molar-refractivity contribution < 1.29 is 23.9 Å². The van der Waals surface area contributed by atoms with Crippen LogP contribution in [0.3, 0.4) is 0 Å². The predicted molar refractivity (Wildman–Crippen MR) is 73.5 cm³/mol. The lowest BCUT2D eigenvalue weighted by Crippen LogP contribution is -2.64. The fourth-order valence-electron chi connectivity index (χ4n) is 2.93. The summed E-state index contributed by atoms with van der Waals surface area (Å²) in [5, 5.41) is 2.32. The third-order valence-electron chi connectivity index (χ3n) is 4.15. The molecule has 0 aromatic heterocycles. The maximum atomic E-state index is 12.6. The molecule has 2 aliphatic rings. The first-order valence-electron chi connectivity index (χ1n) is 7.36. The Morgan fingerprint density at radius 1 is 1.10 bits per heavy atom. The zero-order valence-corrected chi connectivity index (χ0v) is 12.4. The molecule has 1 heterocycles. The van der Waals surface area contributed by atoms with E-state index in [-0.39, 0.29) is 19.1 Å². The van der Waals surface area contributed by atoms with Gasteiger partial charge in [0.25, 0.3) is 0 Å². The zero-order valence-electron chi connectivity index (χ0n) is 12.4. The highest BCUT2D eigenvalue weighted by Crippen LogP contribution is 2.39. The molecule has 7 nitrogen and oxygen atoms in total. The molecule has 7 heteroatoms. The predicted octanol–water partition coefficient (Wildman–Crippen LogP) is 0.678. The van der Waals surface area contributed by atoms with Gasteiger partial charge in [0.1, 0.15) is 5.41 Å². The molecule has 2 fully saturated rings. The monoisotopic (exact) mass is 298 g/mol. The van der Waals surface area contributed by atoms with Gasteiger partial charge in [-0.25, -0.2) is 4.79 Å². The molecule has 1 aliphatic carbocycles. The van der Waals surface area contributed by atoms with E-state index in [2.05, 4.69) is 5.32 Å². The molecule has 0 unspecified atom stereocenters. The van der Waals surface area contributed by atoms with Gasteiger partial charge in [0, 0.05) is 7.11 Å². The number of urea groups is 1. The van der Waals surface area contributed by atoms with Crippen LogP contribution in [0.15, 0.2) is 0 Å². The summed E-state index contributed by atoms with van der Waals surface area (Å²) in [7, 11) is 1.57. The topological polar surface area (TPSA) is 84.9 Å². The smallest absolute Gasteiger partial charge is 0.330 e. The van der Waals surface area contributed by atoms with Gasteiger partial charge in [0.05, 0.1) is 26.4 Å². The molecule has 1 saturated carbocycles. The second kappa shape index (κ2) is 7.00. The van der Waals surface area contributed by atoms with Gasteiger partial charge < -0.3 is 9.47 Å². The number of nitrogens with zero attached hydrogens (tertiary/aromatic N) is 1. The summed E-state index contributed by atoms with van der Waals surface area (Å²) < 4.78 is 10.1. The number of carbonyl (C=O) groups excluding carboxylic acids is 3. The summed E-state index contributed by atoms with van der Waals surface area (Å²) >= 11 is 0. The van der Waals surface area contributed by atoms with Crippen LogP contribution in [0, 0.1) is 5.41 Å².